The minimum atomic E-state index is 0. The van der Waals surface area contributed by atoms with E-state index in [4.69, 9.17) is 17.1 Å². The fourth-order valence-corrected chi connectivity index (χ4v) is 0. The molecule has 0 fully saturated rings. The maximum atomic E-state index is 8.38. The Bertz CT molecular complexity index is 18.4. The maximum Gasteiger partial charge on any atom is 0 e. The van der Waals surface area contributed by atoms with Crippen molar-refractivity contribution in [2.75, 3.05) is 0 Å². The largest absolute Gasteiger partial charge is 0 e. The minimum Gasteiger partial charge on any atom is 0 e. The van der Waals surface area contributed by atoms with Crippen molar-refractivity contribution in [2.45, 2.75) is 0 Å². The van der Waals surface area contributed by atoms with E-state index in [2.05, 4.69) is 0 Å². The Morgan fingerprint density at radius 1 is 0.778 bits per heavy atom. The molecular formula is H4O5Zn4. The minimum absolute atomic E-state index is 0. The van der Waals surface area contributed by atoms with Gasteiger partial charge in [0.15, 0.2) is 0 Å². The molecule has 0 amide bonds. The van der Waals surface area contributed by atoms with Gasteiger partial charge in [-0.3, -0.25) is 0 Å². The molecule has 0 atom stereocenters. The molecule has 2 N–H and O–H groups in total. The van der Waals surface area contributed by atoms with Crippen LogP contribution in [-0.2, 0) is 82.6 Å². The first kappa shape index (κ1) is 45.8. The molecule has 0 aliphatic heterocycles. The van der Waals surface area contributed by atoms with Crippen LogP contribution in [0.1, 0.15) is 1.43 Å². The van der Waals surface area contributed by atoms with Crippen LogP contribution in [0.4, 0.5) is 0 Å². The summed E-state index contributed by atoms with van der Waals surface area (Å²) in [5.74, 6) is 0. The summed E-state index contributed by atoms with van der Waals surface area (Å²) in [7, 11) is 0. The maximum absolute atomic E-state index is 8.38. The van der Waals surface area contributed by atoms with Crippen molar-refractivity contribution in [2.24, 2.45) is 0 Å². The van der Waals surface area contributed by atoms with Gasteiger partial charge in [0.1, 0.15) is 0 Å². The summed E-state index contributed by atoms with van der Waals surface area (Å²) in [6.07, 6.45) is 0. The van der Waals surface area contributed by atoms with Crippen molar-refractivity contribution in [1.29, 1.82) is 0 Å². The van der Waals surface area contributed by atoms with E-state index in [1.807, 2.05) is 0 Å². The van der Waals surface area contributed by atoms with Gasteiger partial charge in [-0.05, 0) is 0 Å². The third-order valence-electron chi connectivity index (χ3n) is 0. The first-order valence-corrected chi connectivity index (χ1v) is 3.17. The smallest absolute Gasteiger partial charge is 0 e. The molecule has 0 aromatic heterocycles. The normalized spacial score (nSPS) is 1.78. The third-order valence-corrected chi connectivity index (χ3v) is 0. The third kappa shape index (κ3) is 207. The van der Waals surface area contributed by atoms with E-state index in [-0.39, 0.29) is 82.4 Å². The van der Waals surface area contributed by atoms with Gasteiger partial charge in [-0.1, -0.05) is 0 Å². The fourth-order valence-electron chi connectivity index (χ4n) is 0. The van der Waals surface area contributed by atoms with Crippen molar-refractivity contribution < 1.29 is 89.5 Å². The van der Waals surface area contributed by atoms with Crippen LogP contribution in [0.15, 0.2) is 0 Å². The summed E-state index contributed by atoms with van der Waals surface area (Å²) < 4.78 is 16.8. The van der Waals surface area contributed by atoms with E-state index >= 15 is 0 Å². The Labute approximate surface area is 98.5 Å². The van der Waals surface area contributed by atoms with Crippen LogP contribution in [0.2, 0.25) is 0 Å². The van der Waals surface area contributed by atoms with E-state index in [9.17, 15) is 0 Å². The SMILES string of the molecule is O.O=O.[HH].[O]=[Zn].[O]=[Zn].[Zn].[Zn]. The fraction of sp³-hybridized carbons (Fsp3) is 0. The molecule has 0 unspecified atom stereocenters. The van der Waals surface area contributed by atoms with Gasteiger partial charge in [0.25, 0.3) is 0 Å². The van der Waals surface area contributed by atoms with Crippen LogP contribution < -0.4 is 0 Å². The second-order valence-electron chi connectivity index (χ2n) is 0. The average Bonchev–Trinajstić information content (AvgIpc) is 1.81. The molecule has 0 spiro atoms. The zero-order chi connectivity index (χ0) is 6.00. The molecule has 0 aliphatic carbocycles. The Morgan fingerprint density at radius 2 is 0.778 bits per heavy atom. The van der Waals surface area contributed by atoms with Gasteiger partial charge in [0.05, 0.1) is 0 Å². The molecular weight excluding hydrogens is 342 g/mol. The molecule has 5 nitrogen and oxygen atoms in total. The summed E-state index contributed by atoms with van der Waals surface area (Å²) in [6.45, 7) is 0. The molecule has 0 aliphatic rings. The zero-order valence-corrected chi connectivity index (χ0v) is 16.8. The molecule has 0 heterocycles. The van der Waals surface area contributed by atoms with E-state index in [0.29, 0.717) is 0 Å². The van der Waals surface area contributed by atoms with E-state index in [1.165, 1.54) is 0 Å². The van der Waals surface area contributed by atoms with Crippen molar-refractivity contribution >= 4 is 0 Å². The van der Waals surface area contributed by atoms with Crippen molar-refractivity contribution in [1.82, 2.24) is 0 Å². The molecule has 0 saturated heterocycles. The molecule has 9 heteroatoms. The topological polar surface area (TPSA) is 99.8 Å². The Balaban J connectivity index is -0.00000000225. The molecule has 0 aromatic carbocycles. The summed E-state index contributed by atoms with van der Waals surface area (Å²) in [6, 6.07) is 0. The van der Waals surface area contributed by atoms with Crippen LogP contribution in [0.3, 0.4) is 0 Å². The Morgan fingerprint density at radius 3 is 0.778 bits per heavy atom. The molecule has 42 valence electrons. The van der Waals surface area contributed by atoms with Gasteiger partial charge in [-0.25, -0.2) is 0 Å². The van der Waals surface area contributed by atoms with Crippen molar-refractivity contribution in [3.05, 3.63) is 9.93 Å². The van der Waals surface area contributed by atoms with Gasteiger partial charge < -0.3 is 5.48 Å². The van der Waals surface area contributed by atoms with Gasteiger partial charge in [-0.15, -0.1) is 0 Å². The molecule has 0 aromatic rings. The summed E-state index contributed by atoms with van der Waals surface area (Å²) in [5, 5.41) is 0. The van der Waals surface area contributed by atoms with Gasteiger partial charge in [0, 0.05) is 50.3 Å². The first-order chi connectivity index (χ1) is 3.00. The first-order valence-electron chi connectivity index (χ1n) is 0.744. The second kappa shape index (κ2) is 264. The predicted molar refractivity (Wildman–Crippen MR) is 13.8 cm³/mol. The Kier molecular flexibility index (Phi) is 1350. The molecule has 0 radical (unpaired) electrons. The monoisotopic (exact) mass is 340 g/mol. The Hall–Kier alpha value is 1.65. The van der Waals surface area contributed by atoms with Gasteiger partial charge in [-0.2, -0.15) is 0 Å². The molecule has 9 heavy (non-hydrogen) atoms. The van der Waals surface area contributed by atoms with E-state index in [0.717, 1.165) is 0 Å². The summed E-state index contributed by atoms with van der Waals surface area (Å²) in [4.78, 5) is 14.0. The summed E-state index contributed by atoms with van der Waals surface area (Å²) >= 11 is 0.250. The molecule has 0 bridgehead atoms. The quantitative estimate of drug-likeness (QED) is 0.539. The van der Waals surface area contributed by atoms with Crippen LogP contribution in [0.25, 0.3) is 0 Å². The predicted octanol–water partition coefficient (Wildman–Crippen LogP) is -0.759. The van der Waals surface area contributed by atoms with Crippen LogP contribution >= 0.6 is 0 Å². The summed E-state index contributed by atoms with van der Waals surface area (Å²) in [5.41, 5.74) is 0. The van der Waals surface area contributed by atoms with Crippen LogP contribution in [0.5, 0.6) is 0 Å². The average molecular weight is 346 g/mol. The van der Waals surface area contributed by atoms with Crippen molar-refractivity contribution in [3.63, 3.8) is 0 Å². The standard InChI is InChI=1S/O2.H2O.2O.4Zn.H2/c1-2;;;;;;;;/h;1H2;;;;;;;1H. The van der Waals surface area contributed by atoms with Crippen LogP contribution in [0, 0.1) is 9.93 Å². The van der Waals surface area contributed by atoms with Crippen molar-refractivity contribution in [3.8, 4) is 0 Å². The molecule has 0 saturated carbocycles. The number of rotatable bonds is 0. The van der Waals surface area contributed by atoms with Gasteiger partial charge in [0.2, 0.25) is 0 Å². The van der Waals surface area contributed by atoms with E-state index in [1.54, 1.807) is 0 Å². The number of hydrogen-bond acceptors (Lipinski definition) is 4. The molecule has 0 rings (SSSR count). The zero-order valence-electron chi connectivity index (χ0n) is 4.96. The van der Waals surface area contributed by atoms with Gasteiger partial charge >= 0.3 is 43.7 Å². The second-order valence-corrected chi connectivity index (χ2v) is 0. The number of hydrogen-bond donors (Lipinski definition) is 0. The van der Waals surface area contributed by atoms with E-state index < -0.39 is 0 Å². The van der Waals surface area contributed by atoms with Crippen LogP contribution in [-0.4, -0.2) is 5.48 Å².